The van der Waals surface area contributed by atoms with Crippen molar-refractivity contribution in [3.63, 3.8) is 0 Å². The normalized spacial score (nSPS) is 11.9. The van der Waals surface area contributed by atoms with E-state index >= 15 is 0 Å². The van der Waals surface area contributed by atoms with Crippen LogP contribution in [0.3, 0.4) is 0 Å². The average Bonchev–Trinajstić information content (AvgIpc) is 3.02. The molecule has 3 aromatic rings. The number of aryl methyl sites for hydroxylation is 3. The van der Waals surface area contributed by atoms with Gasteiger partial charge in [-0.3, -0.25) is 14.2 Å². The second-order valence-electron chi connectivity index (χ2n) is 8.65. The van der Waals surface area contributed by atoms with Crippen LogP contribution in [0.2, 0.25) is 0 Å². The lowest BCUT2D eigenvalue weighted by atomic mass is 10.0. The maximum Gasteiger partial charge on any atom is 0.333 e. The molecule has 0 saturated heterocycles. The van der Waals surface area contributed by atoms with Gasteiger partial charge in [0.25, 0.3) is 5.56 Å². The maximum atomic E-state index is 13.9. The summed E-state index contributed by atoms with van der Waals surface area (Å²) in [6.45, 7) is 8.77. The Kier molecular flexibility index (Phi) is 7.37. The summed E-state index contributed by atoms with van der Waals surface area (Å²) in [5.41, 5.74) is -1.11. The van der Waals surface area contributed by atoms with Crippen LogP contribution in [-0.4, -0.2) is 28.2 Å². The predicted octanol–water partition coefficient (Wildman–Crippen LogP) is 3.79. The van der Waals surface area contributed by atoms with Crippen molar-refractivity contribution in [1.29, 1.82) is 0 Å². The summed E-state index contributed by atoms with van der Waals surface area (Å²) in [6.07, 6.45) is 0.306. The molecule has 0 atom stereocenters. The molecule has 33 heavy (non-hydrogen) atoms. The SMILES string of the molecule is COc1ccc(F)cc1CCn1c(=O)n(C(C)(C)C(=O)NC(C)C)c(=O)c2c(C)c(I)sc21. The van der Waals surface area contributed by atoms with Gasteiger partial charge >= 0.3 is 5.69 Å². The fourth-order valence-electron chi connectivity index (χ4n) is 3.72. The third-order valence-electron chi connectivity index (χ3n) is 5.54. The minimum atomic E-state index is -1.41. The fraction of sp³-hybridized carbons (Fsp3) is 0.435. The van der Waals surface area contributed by atoms with E-state index in [1.807, 2.05) is 20.8 Å². The number of nitrogens with one attached hydrogen (secondary N) is 1. The Morgan fingerprint density at radius 1 is 1.30 bits per heavy atom. The summed E-state index contributed by atoms with van der Waals surface area (Å²) in [5.74, 6) is -0.305. The molecule has 1 N–H and O–H groups in total. The highest BCUT2D eigenvalue weighted by Crippen LogP contribution is 2.30. The Bertz CT molecular complexity index is 1340. The topological polar surface area (TPSA) is 82.3 Å². The molecule has 178 valence electrons. The molecule has 7 nitrogen and oxygen atoms in total. The summed E-state index contributed by atoms with van der Waals surface area (Å²) >= 11 is 3.50. The van der Waals surface area contributed by atoms with Gasteiger partial charge in [-0.05, 0) is 93.0 Å². The Balaban J connectivity index is 2.23. The molecule has 0 aliphatic rings. The van der Waals surface area contributed by atoms with Crippen molar-refractivity contribution in [3.8, 4) is 5.75 Å². The van der Waals surface area contributed by atoms with E-state index in [1.165, 1.54) is 35.1 Å². The number of rotatable bonds is 7. The highest BCUT2D eigenvalue weighted by atomic mass is 127. The number of carbonyl (C=O) groups is 1. The summed E-state index contributed by atoms with van der Waals surface area (Å²) in [4.78, 5) is 40.6. The molecule has 0 radical (unpaired) electrons. The maximum absolute atomic E-state index is 13.9. The van der Waals surface area contributed by atoms with E-state index in [0.717, 1.165) is 13.0 Å². The number of nitrogens with zero attached hydrogens (tertiary/aromatic N) is 2. The van der Waals surface area contributed by atoms with Crippen molar-refractivity contribution < 1.29 is 13.9 Å². The number of halogens is 2. The molecule has 0 unspecified atom stereocenters. The van der Waals surface area contributed by atoms with Crippen molar-refractivity contribution in [3.05, 3.63) is 58.9 Å². The van der Waals surface area contributed by atoms with E-state index in [4.69, 9.17) is 4.74 Å². The molecule has 0 spiro atoms. The molecule has 0 saturated carbocycles. The van der Waals surface area contributed by atoms with Gasteiger partial charge in [-0.2, -0.15) is 0 Å². The number of thiophene rings is 1. The molecule has 3 rings (SSSR count). The summed E-state index contributed by atoms with van der Waals surface area (Å²) in [6, 6.07) is 4.08. The lowest BCUT2D eigenvalue weighted by Crippen LogP contribution is -2.56. The lowest BCUT2D eigenvalue weighted by molar-refractivity contribution is -0.129. The van der Waals surface area contributed by atoms with E-state index in [-0.39, 0.29) is 12.6 Å². The van der Waals surface area contributed by atoms with Crippen LogP contribution in [0.5, 0.6) is 5.75 Å². The van der Waals surface area contributed by atoms with E-state index in [1.54, 1.807) is 19.9 Å². The molecular formula is C23H27FIN3O4S. The smallest absolute Gasteiger partial charge is 0.333 e. The molecule has 1 amide bonds. The Labute approximate surface area is 208 Å². The number of amides is 1. The van der Waals surface area contributed by atoms with Gasteiger partial charge in [-0.25, -0.2) is 13.8 Å². The van der Waals surface area contributed by atoms with Crippen molar-refractivity contribution >= 4 is 50.1 Å². The minimum absolute atomic E-state index is 0.150. The van der Waals surface area contributed by atoms with Crippen molar-refractivity contribution in [2.24, 2.45) is 0 Å². The zero-order valence-electron chi connectivity index (χ0n) is 19.4. The van der Waals surface area contributed by atoms with Crippen LogP contribution in [0.1, 0.15) is 38.8 Å². The monoisotopic (exact) mass is 587 g/mol. The largest absolute Gasteiger partial charge is 0.496 e. The second kappa shape index (κ2) is 9.57. The van der Waals surface area contributed by atoms with Crippen LogP contribution in [-0.2, 0) is 23.3 Å². The van der Waals surface area contributed by atoms with Crippen molar-refractivity contribution in [2.75, 3.05) is 7.11 Å². The van der Waals surface area contributed by atoms with Crippen LogP contribution < -0.4 is 21.3 Å². The molecule has 10 heteroatoms. The van der Waals surface area contributed by atoms with E-state index in [2.05, 4.69) is 27.9 Å². The molecule has 1 aromatic carbocycles. The zero-order chi connectivity index (χ0) is 24.7. The number of hydrogen-bond donors (Lipinski definition) is 1. The van der Waals surface area contributed by atoms with Crippen LogP contribution in [0.4, 0.5) is 4.39 Å². The molecule has 2 aromatic heterocycles. The standard InChI is InChI=1S/C23H27FIN3O4S/c1-12(2)26-21(30)23(4,5)28-19(29)17-13(3)18(25)33-20(17)27(22(28)31)10-9-14-11-15(24)7-8-16(14)32-6/h7-8,11-12H,9-10H2,1-6H3,(H,26,30). The number of ether oxygens (including phenoxy) is 1. The van der Waals surface area contributed by atoms with Crippen LogP contribution in [0.15, 0.2) is 27.8 Å². The number of benzene rings is 1. The summed E-state index contributed by atoms with van der Waals surface area (Å²) in [7, 11) is 1.50. The van der Waals surface area contributed by atoms with Crippen molar-refractivity contribution in [2.45, 2.75) is 59.2 Å². The van der Waals surface area contributed by atoms with Gasteiger partial charge in [0.15, 0.2) is 0 Å². The van der Waals surface area contributed by atoms with Gasteiger partial charge in [-0.15, -0.1) is 11.3 Å². The van der Waals surface area contributed by atoms with E-state index in [9.17, 15) is 18.8 Å². The van der Waals surface area contributed by atoms with Crippen LogP contribution >= 0.6 is 33.9 Å². The van der Waals surface area contributed by atoms with Crippen molar-refractivity contribution in [1.82, 2.24) is 14.5 Å². The van der Waals surface area contributed by atoms with Gasteiger partial charge in [0.2, 0.25) is 5.91 Å². The van der Waals surface area contributed by atoms with Gasteiger partial charge in [0, 0.05) is 12.6 Å². The number of carbonyl (C=O) groups excluding carboxylic acids is 1. The molecule has 0 fully saturated rings. The molecule has 2 heterocycles. The third kappa shape index (κ3) is 4.72. The van der Waals surface area contributed by atoms with Crippen LogP contribution in [0, 0.1) is 15.6 Å². The van der Waals surface area contributed by atoms with Gasteiger partial charge < -0.3 is 10.1 Å². The van der Waals surface area contributed by atoms with Crippen LogP contribution in [0.25, 0.3) is 10.2 Å². The van der Waals surface area contributed by atoms with E-state index < -0.39 is 28.5 Å². The van der Waals surface area contributed by atoms with Gasteiger partial charge in [0.05, 0.1) is 15.4 Å². The van der Waals surface area contributed by atoms with Gasteiger partial charge in [-0.1, -0.05) is 0 Å². The summed E-state index contributed by atoms with van der Waals surface area (Å²) in [5, 5.41) is 3.22. The Hall–Kier alpha value is -2.21. The molecular weight excluding hydrogens is 560 g/mol. The number of aromatic nitrogens is 2. The first-order chi connectivity index (χ1) is 15.4. The van der Waals surface area contributed by atoms with E-state index in [0.29, 0.717) is 28.0 Å². The quantitative estimate of drug-likeness (QED) is 0.427. The first-order valence-corrected chi connectivity index (χ1v) is 12.4. The second-order valence-corrected chi connectivity index (χ2v) is 11.5. The Morgan fingerprint density at radius 3 is 2.58 bits per heavy atom. The lowest BCUT2D eigenvalue weighted by Gasteiger charge is -2.27. The number of fused-ring (bicyclic) bond motifs is 1. The first kappa shape index (κ1) is 25.4. The minimum Gasteiger partial charge on any atom is -0.496 e. The fourth-order valence-corrected chi connectivity index (χ4v) is 5.67. The highest BCUT2D eigenvalue weighted by molar-refractivity contribution is 14.1. The molecule has 0 aliphatic heterocycles. The Morgan fingerprint density at radius 2 is 1.97 bits per heavy atom. The molecule has 0 bridgehead atoms. The zero-order valence-corrected chi connectivity index (χ0v) is 22.4. The first-order valence-electron chi connectivity index (χ1n) is 10.5. The highest BCUT2D eigenvalue weighted by Gasteiger charge is 2.35. The number of hydrogen-bond acceptors (Lipinski definition) is 5. The predicted molar refractivity (Wildman–Crippen MR) is 137 cm³/mol. The molecule has 0 aliphatic carbocycles. The van der Waals surface area contributed by atoms with Gasteiger partial charge in [0.1, 0.15) is 21.9 Å². The summed E-state index contributed by atoms with van der Waals surface area (Å²) < 4.78 is 22.6. The average molecular weight is 587 g/mol. The third-order valence-corrected chi connectivity index (χ3v) is 8.11. The number of methoxy groups -OCH3 is 1.